The van der Waals surface area contributed by atoms with Crippen molar-refractivity contribution in [3.63, 3.8) is 0 Å². The molecule has 3 heterocycles. The Morgan fingerprint density at radius 1 is 1.30 bits per heavy atom. The number of aromatic nitrogens is 2. The second-order valence-corrected chi connectivity index (χ2v) is 7.88. The third kappa shape index (κ3) is 4.06. The maximum Gasteiger partial charge on any atom is 0.422 e. The Hall–Kier alpha value is -3.40. The Bertz CT molecular complexity index is 1100. The van der Waals surface area contributed by atoms with Crippen LogP contribution in [0.15, 0.2) is 18.2 Å². The molecule has 0 saturated carbocycles. The largest absolute Gasteiger partial charge is 0.433 e. The highest BCUT2D eigenvalue weighted by atomic mass is 19.4. The molecule has 0 bridgehead atoms. The number of aliphatic hydroxyl groups is 1. The van der Waals surface area contributed by atoms with Gasteiger partial charge < -0.3 is 20.1 Å². The lowest BCUT2D eigenvalue weighted by atomic mass is 9.81. The summed E-state index contributed by atoms with van der Waals surface area (Å²) in [6, 6.07) is 6.01. The molecule has 1 aromatic carbocycles. The third-order valence-electron chi connectivity index (χ3n) is 5.92. The van der Waals surface area contributed by atoms with Gasteiger partial charge in [-0.15, -0.1) is 0 Å². The van der Waals surface area contributed by atoms with Gasteiger partial charge >= 0.3 is 12.8 Å². The maximum atomic E-state index is 13.7. The average molecular weight is 471 g/mol. The Kier molecular flexibility index (Phi) is 5.65. The summed E-state index contributed by atoms with van der Waals surface area (Å²) in [5, 5.41) is 28.3. The highest BCUT2D eigenvalue weighted by Gasteiger charge is 2.61. The standard InChI is InChI=1S/C20H18F5N5O3/c21-18(22)33-13-2-1-12(7-11(13)9-26)30-5-3-10(4-6-30)16-15-17(29-28-16)27-14(31)8-19(15,32)20(23,24)25/h1-2,7,10,18,32H,3-6,8H2,(H2,27,28,29,31). The summed E-state index contributed by atoms with van der Waals surface area (Å²) in [5.74, 6) is -1.97. The number of carbonyl (C=O) groups is 1. The number of alkyl halides is 5. The van der Waals surface area contributed by atoms with Crippen LogP contribution >= 0.6 is 0 Å². The smallest absolute Gasteiger partial charge is 0.422 e. The van der Waals surface area contributed by atoms with Crippen LogP contribution in [0.3, 0.4) is 0 Å². The zero-order valence-electron chi connectivity index (χ0n) is 16.9. The summed E-state index contributed by atoms with van der Waals surface area (Å²) in [6.45, 7) is -2.30. The number of carbonyl (C=O) groups excluding carboxylic acids is 1. The van der Waals surface area contributed by atoms with Crippen LogP contribution in [0.1, 0.15) is 42.0 Å². The van der Waals surface area contributed by atoms with Gasteiger partial charge in [-0.25, -0.2) is 0 Å². The van der Waals surface area contributed by atoms with E-state index in [4.69, 9.17) is 0 Å². The molecule has 2 aliphatic rings. The molecule has 1 saturated heterocycles. The molecule has 0 spiro atoms. The second kappa shape index (κ2) is 8.18. The number of nitrogens with one attached hydrogen (secondary N) is 2. The molecule has 33 heavy (non-hydrogen) atoms. The number of amides is 1. The molecule has 3 N–H and O–H groups in total. The van der Waals surface area contributed by atoms with E-state index in [1.54, 1.807) is 6.07 Å². The van der Waals surface area contributed by atoms with E-state index in [0.29, 0.717) is 31.6 Å². The Labute approximate surface area is 183 Å². The summed E-state index contributed by atoms with van der Waals surface area (Å²) in [7, 11) is 0. The van der Waals surface area contributed by atoms with Gasteiger partial charge in [-0.2, -0.15) is 32.3 Å². The number of hydrogen-bond acceptors (Lipinski definition) is 6. The third-order valence-corrected chi connectivity index (χ3v) is 5.92. The summed E-state index contributed by atoms with van der Waals surface area (Å²) in [6.07, 6.45) is -5.46. The van der Waals surface area contributed by atoms with Gasteiger partial charge in [0.15, 0.2) is 11.4 Å². The van der Waals surface area contributed by atoms with E-state index in [2.05, 4.69) is 20.3 Å². The minimum Gasteiger partial charge on any atom is -0.433 e. The lowest BCUT2D eigenvalue weighted by Crippen LogP contribution is -2.48. The molecule has 2 aliphatic heterocycles. The van der Waals surface area contributed by atoms with Gasteiger partial charge in [0, 0.05) is 30.4 Å². The molecule has 0 aliphatic carbocycles. The molecule has 1 fully saturated rings. The zero-order chi connectivity index (χ0) is 24.0. The molecule has 1 aromatic heterocycles. The molecule has 13 heteroatoms. The number of nitriles is 1. The number of benzene rings is 1. The minimum absolute atomic E-state index is 0.0662. The van der Waals surface area contributed by atoms with Crippen molar-refractivity contribution in [2.24, 2.45) is 0 Å². The predicted octanol–water partition coefficient (Wildman–Crippen LogP) is 3.36. The van der Waals surface area contributed by atoms with E-state index in [-0.39, 0.29) is 22.8 Å². The van der Waals surface area contributed by atoms with E-state index in [1.807, 2.05) is 4.90 Å². The number of nitrogens with zero attached hydrogens (tertiary/aromatic N) is 3. The topological polar surface area (TPSA) is 114 Å². The van der Waals surface area contributed by atoms with Crippen LogP contribution < -0.4 is 15.0 Å². The molecule has 1 amide bonds. The van der Waals surface area contributed by atoms with Gasteiger partial charge in [0.2, 0.25) is 5.91 Å². The first-order valence-electron chi connectivity index (χ1n) is 9.95. The van der Waals surface area contributed by atoms with Crippen LogP contribution in [0, 0.1) is 11.3 Å². The van der Waals surface area contributed by atoms with E-state index in [0.717, 1.165) is 0 Å². The molecule has 1 unspecified atom stereocenters. The zero-order valence-corrected chi connectivity index (χ0v) is 16.9. The quantitative estimate of drug-likeness (QED) is 0.590. The van der Waals surface area contributed by atoms with Crippen molar-refractivity contribution in [1.29, 1.82) is 5.26 Å². The first-order valence-corrected chi connectivity index (χ1v) is 9.95. The van der Waals surface area contributed by atoms with E-state index in [9.17, 15) is 37.1 Å². The van der Waals surface area contributed by atoms with E-state index >= 15 is 0 Å². The van der Waals surface area contributed by atoms with Crippen molar-refractivity contribution < 1.29 is 36.6 Å². The fourth-order valence-corrected chi connectivity index (χ4v) is 4.33. The van der Waals surface area contributed by atoms with Crippen LogP contribution in [0.5, 0.6) is 5.75 Å². The number of hydrogen-bond donors (Lipinski definition) is 3. The predicted molar refractivity (Wildman–Crippen MR) is 104 cm³/mol. The number of fused-ring (bicyclic) bond motifs is 1. The number of halogens is 5. The lowest BCUT2D eigenvalue weighted by Gasteiger charge is -2.37. The maximum absolute atomic E-state index is 13.7. The van der Waals surface area contributed by atoms with Gasteiger partial charge in [-0.05, 0) is 31.0 Å². The summed E-state index contributed by atoms with van der Waals surface area (Å²) in [4.78, 5) is 13.6. The molecule has 0 radical (unpaired) electrons. The SMILES string of the molecule is N#Cc1cc(N2CCC(c3[nH]nc4c3C(O)(C(F)(F)F)CC(=O)N4)CC2)ccc1OC(F)F. The lowest BCUT2D eigenvalue weighted by molar-refractivity contribution is -0.267. The number of aromatic amines is 1. The fourth-order valence-electron chi connectivity index (χ4n) is 4.33. The van der Waals surface area contributed by atoms with Crippen LogP contribution in [-0.2, 0) is 10.4 Å². The summed E-state index contributed by atoms with van der Waals surface area (Å²) in [5.41, 5.74) is -3.18. The van der Waals surface area contributed by atoms with Gasteiger partial charge in [-0.3, -0.25) is 9.89 Å². The van der Waals surface area contributed by atoms with Gasteiger partial charge in [0.25, 0.3) is 0 Å². The molecule has 176 valence electrons. The van der Waals surface area contributed by atoms with Crippen molar-refractivity contribution in [2.75, 3.05) is 23.3 Å². The molecule has 8 nitrogen and oxygen atoms in total. The van der Waals surface area contributed by atoms with Crippen LogP contribution in [0.2, 0.25) is 0 Å². The van der Waals surface area contributed by atoms with Gasteiger partial charge in [-0.1, -0.05) is 0 Å². The van der Waals surface area contributed by atoms with Gasteiger partial charge in [0.1, 0.15) is 11.8 Å². The number of H-pyrrole nitrogens is 1. The monoisotopic (exact) mass is 471 g/mol. The van der Waals surface area contributed by atoms with Crippen LogP contribution in [0.25, 0.3) is 0 Å². The number of ether oxygens (including phenoxy) is 1. The van der Waals surface area contributed by atoms with Crippen molar-refractivity contribution in [1.82, 2.24) is 10.2 Å². The average Bonchev–Trinajstić information content (AvgIpc) is 3.17. The van der Waals surface area contributed by atoms with Crippen molar-refractivity contribution >= 4 is 17.4 Å². The van der Waals surface area contributed by atoms with E-state index in [1.165, 1.54) is 18.2 Å². The van der Waals surface area contributed by atoms with Crippen LogP contribution in [0.4, 0.5) is 33.5 Å². The molecule has 1 atom stereocenters. The molecule has 2 aromatic rings. The fraction of sp³-hybridized carbons (Fsp3) is 0.450. The normalized spacial score (nSPS) is 21.5. The van der Waals surface area contributed by atoms with Crippen molar-refractivity contribution in [3.8, 4) is 11.8 Å². The second-order valence-electron chi connectivity index (χ2n) is 7.88. The molecule has 4 rings (SSSR count). The van der Waals surface area contributed by atoms with Crippen molar-refractivity contribution in [3.05, 3.63) is 35.0 Å². The number of anilines is 2. The summed E-state index contributed by atoms with van der Waals surface area (Å²) < 4.78 is 70.4. The number of rotatable bonds is 4. The summed E-state index contributed by atoms with van der Waals surface area (Å²) >= 11 is 0. The Morgan fingerprint density at radius 2 is 2.00 bits per heavy atom. The van der Waals surface area contributed by atoms with E-state index < -0.39 is 42.2 Å². The number of piperidine rings is 1. The first kappa shape index (κ1) is 22.8. The molecular formula is C20H18F5N5O3. The Morgan fingerprint density at radius 3 is 2.61 bits per heavy atom. The first-order chi connectivity index (χ1) is 15.5. The highest BCUT2D eigenvalue weighted by molar-refractivity contribution is 5.94. The van der Waals surface area contributed by atoms with Gasteiger partial charge in [0.05, 0.1) is 17.5 Å². The molecular weight excluding hydrogens is 453 g/mol. The van der Waals surface area contributed by atoms with Crippen LogP contribution in [-0.4, -0.2) is 47.1 Å². The highest BCUT2D eigenvalue weighted by Crippen LogP contribution is 2.49. The Balaban J connectivity index is 1.55. The minimum atomic E-state index is -5.07. The van der Waals surface area contributed by atoms with Crippen molar-refractivity contribution in [2.45, 2.75) is 43.6 Å².